The lowest BCUT2D eigenvalue weighted by molar-refractivity contribution is 0.102. The van der Waals surface area contributed by atoms with Gasteiger partial charge in [-0.2, -0.15) is 0 Å². The van der Waals surface area contributed by atoms with Crippen LogP contribution in [0.3, 0.4) is 0 Å². The maximum atomic E-state index is 13.1. The number of carbonyl (C=O) groups is 1. The number of rotatable bonds is 8. The lowest BCUT2D eigenvalue weighted by Crippen LogP contribution is -2.17. The van der Waals surface area contributed by atoms with Crippen LogP contribution in [0.2, 0.25) is 10.0 Å². The molecule has 0 bridgehead atoms. The average Bonchev–Trinajstić information content (AvgIpc) is 2.89. The molecule has 0 saturated heterocycles. The standard InChI is InChI=1S/C28H25Cl2N3O5S2/c1-17-7-8-18(2)26(15-17)33-40(37,38)27-16-20(9-14-24(27)30)28(34)31-21-10-12-22(13-11-21)39(35,36)32-25-6-4-5-23(29)19(25)3/h4-16,32-33H,1-3H3,(H,31,34). The van der Waals surface area contributed by atoms with Crippen LogP contribution in [0.25, 0.3) is 0 Å². The van der Waals surface area contributed by atoms with E-state index in [1.807, 2.05) is 13.0 Å². The molecule has 0 atom stereocenters. The van der Waals surface area contributed by atoms with Crippen LogP contribution in [0.4, 0.5) is 17.1 Å². The molecule has 0 unspecified atom stereocenters. The van der Waals surface area contributed by atoms with Gasteiger partial charge in [0.2, 0.25) is 0 Å². The zero-order chi connectivity index (χ0) is 29.2. The van der Waals surface area contributed by atoms with Crippen molar-refractivity contribution in [3.05, 3.63) is 111 Å². The smallest absolute Gasteiger partial charge is 0.263 e. The summed E-state index contributed by atoms with van der Waals surface area (Å²) < 4.78 is 57.0. The molecule has 4 aromatic carbocycles. The molecule has 40 heavy (non-hydrogen) atoms. The van der Waals surface area contributed by atoms with E-state index in [4.69, 9.17) is 23.2 Å². The van der Waals surface area contributed by atoms with Crippen LogP contribution in [0.5, 0.6) is 0 Å². The Bertz CT molecular complexity index is 1830. The molecule has 208 valence electrons. The van der Waals surface area contributed by atoms with Crippen LogP contribution in [-0.2, 0) is 20.0 Å². The maximum Gasteiger partial charge on any atom is 0.263 e. The summed E-state index contributed by atoms with van der Waals surface area (Å²) in [6.45, 7) is 5.31. The van der Waals surface area contributed by atoms with Gasteiger partial charge in [-0.15, -0.1) is 0 Å². The second-order valence-electron chi connectivity index (χ2n) is 9.07. The SMILES string of the molecule is Cc1ccc(C)c(NS(=O)(=O)c2cc(C(=O)Nc3ccc(S(=O)(=O)Nc4cccc(Cl)c4C)cc3)ccc2Cl)c1. The van der Waals surface area contributed by atoms with Crippen molar-refractivity contribution in [2.75, 3.05) is 14.8 Å². The summed E-state index contributed by atoms with van der Waals surface area (Å²) in [5.41, 5.74) is 3.28. The van der Waals surface area contributed by atoms with Gasteiger partial charge in [-0.05, 0) is 98.1 Å². The van der Waals surface area contributed by atoms with Gasteiger partial charge in [0.15, 0.2) is 0 Å². The van der Waals surface area contributed by atoms with Crippen LogP contribution < -0.4 is 14.8 Å². The third kappa shape index (κ3) is 6.59. The first-order valence-electron chi connectivity index (χ1n) is 11.9. The summed E-state index contributed by atoms with van der Waals surface area (Å²) in [7, 11) is -8.03. The summed E-state index contributed by atoms with van der Waals surface area (Å²) in [6, 6.07) is 19.7. The van der Waals surface area contributed by atoms with Crippen molar-refractivity contribution in [1.82, 2.24) is 0 Å². The molecule has 0 aliphatic rings. The Balaban J connectivity index is 1.52. The van der Waals surface area contributed by atoms with Crippen molar-refractivity contribution in [2.24, 2.45) is 0 Å². The van der Waals surface area contributed by atoms with Crippen LogP contribution >= 0.6 is 23.2 Å². The van der Waals surface area contributed by atoms with E-state index in [9.17, 15) is 21.6 Å². The van der Waals surface area contributed by atoms with Gasteiger partial charge in [0, 0.05) is 16.3 Å². The highest BCUT2D eigenvalue weighted by Gasteiger charge is 2.22. The van der Waals surface area contributed by atoms with E-state index in [0.717, 1.165) is 11.1 Å². The van der Waals surface area contributed by atoms with E-state index in [-0.39, 0.29) is 20.4 Å². The minimum atomic E-state index is -4.11. The highest BCUT2D eigenvalue weighted by atomic mass is 35.5. The van der Waals surface area contributed by atoms with E-state index in [1.165, 1.54) is 42.5 Å². The van der Waals surface area contributed by atoms with Crippen molar-refractivity contribution < 1.29 is 21.6 Å². The molecule has 0 radical (unpaired) electrons. The van der Waals surface area contributed by atoms with Crippen molar-refractivity contribution in [3.8, 4) is 0 Å². The number of sulfonamides is 2. The molecule has 1 amide bonds. The zero-order valence-corrected chi connectivity index (χ0v) is 24.8. The Morgan fingerprint density at radius 1 is 0.700 bits per heavy atom. The minimum Gasteiger partial charge on any atom is -0.322 e. The minimum absolute atomic E-state index is 0.0257. The number of carbonyl (C=O) groups excluding carboxylic acids is 1. The molecular formula is C28H25Cl2N3O5S2. The van der Waals surface area contributed by atoms with E-state index < -0.39 is 26.0 Å². The quantitative estimate of drug-likeness (QED) is 0.201. The highest BCUT2D eigenvalue weighted by molar-refractivity contribution is 7.93. The van der Waals surface area contributed by atoms with Crippen molar-refractivity contribution >= 4 is 66.2 Å². The number of nitrogens with one attached hydrogen (secondary N) is 3. The fourth-order valence-electron chi connectivity index (χ4n) is 3.74. The second kappa shape index (κ2) is 11.5. The molecular weight excluding hydrogens is 593 g/mol. The van der Waals surface area contributed by atoms with Crippen LogP contribution in [0, 0.1) is 20.8 Å². The normalized spacial score (nSPS) is 11.6. The molecule has 0 aliphatic carbocycles. The van der Waals surface area contributed by atoms with E-state index in [1.54, 1.807) is 44.2 Å². The number of benzene rings is 4. The van der Waals surface area contributed by atoms with Crippen LogP contribution in [0.1, 0.15) is 27.0 Å². The summed E-state index contributed by atoms with van der Waals surface area (Å²) >= 11 is 12.3. The fourth-order valence-corrected chi connectivity index (χ4v) is 6.68. The second-order valence-corrected chi connectivity index (χ2v) is 13.2. The molecule has 3 N–H and O–H groups in total. The largest absolute Gasteiger partial charge is 0.322 e. The first-order chi connectivity index (χ1) is 18.8. The predicted octanol–water partition coefficient (Wildman–Crippen LogP) is 6.77. The Hall–Kier alpha value is -3.57. The lowest BCUT2D eigenvalue weighted by Gasteiger charge is -2.14. The van der Waals surface area contributed by atoms with Crippen molar-refractivity contribution in [3.63, 3.8) is 0 Å². The van der Waals surface area contributed by atoms with Gasteiger partial charge < -0.3 is 5.32 Å². The van der Waals surface area contributed by atoms with Crippen LogP contribution in [-0.4, -0.2) is 22.7 Å². The number of hydrogen-bond donors (Lipinski definition) is 3. The molecule has 8 nitrogen and oxygen atoms in total. The fraction of sp³-hybridized carbons (Fsp3) is 0.107. The highest BCUT2D eigenvalue weighted by Crippen LogP contribution is 2.28. The van der Waals surface area contributed by atoms with Gasteiger partial charge in [-0.25, -0.2) is 16.8 Å². The van der Waals surface area contributed by atoms with Crippen LogP contribution in [0.15, 0.2) is 88.7 Å². The van der Waals surface area contributed by atoms with Gasteiger partial charge in [0.25, 0.3) is 26.0 Å². The van der Waals surface area contributed by atoms with Crippen molar-refractivity contribution in [1.29, 1.82) is 0 Å². The van der Waals surface area contributed by atoms with Crippen molar-refractivity contribution in [2.45, 2.75) is 30.6 Å². The van der Waals surface area contributed by atoms with Gasteiger partial charge in [-0.3, -0.25) is 14.2 Å². The topological polar surface area (TPSA) is 121 Å². The monoisotopic (exact) mass is 617 g/mol. The third-order valence-corrected chi connectivity index (χ3v) is 9.69. The number of halogens is 2. The molecule has 4 rings (SSSR count). The number of hydrogen-bond acceptors (Lipinski definition) is 5. The molecule has 0 spiro atoms. The molecule has 0 fully saturated rings. The summed E-state index contributed by atoms with van der Waals surface area (Å²) in [6.07, 6.45) is 0. The number of amides is 1. The first kappa shape index (κ1) is 29.4. The predicted molar refractivity (Wildman–Crippen MR) is 160 cm³/mol. The lowest BCUT2D eigenvalue weighted by atomic mass is 10.1. The molecule has 12 heteroatoms. The summed E-state index contributed by atoms with van der Waals surface area (Å²) in [5.74, 6) is -0.608. The Kier molecular flexibility index (Phi) is 8.46. The Morgan fingerprint density at radius 3 is 2.08 bits per heavy atom. The third-order valence-electron chi connectivity index (χ3n) is 6.05. The summed E-state index contributed by atoms with van der Waals surface area (Å²) in [5, 5.41) is 3.02. The maximum absolute atomic E-state index is 13.1. The summed E-state index contributed by atoms with van der Waals surface area (Å²) in [4.78, 5) is 12.7. The van der Waals surface area contributed by atoms with Gasteiger partial charge in [-0.1, -0.05) is 41.4 Å². The molecule has 0 saturated carbocycles. The van der Waals surface area contributed by atoms with E-state index in [2.05, 4.69) is 14.8 Å². The molecule has 0 heterocycles. The zero-order valence-electron chi connectivity index (χ0n) is 21.6. The Morgan fingerprint density at radius 2 is 1.38 bits per heavy atom. The molecule has 0 aliphatic heterocycles. The van der Waals surface area contributed by atoms with Gasteiger partial charge in [0.1, 0.15) is 4.90 Å². The van der Waals surface area contributed by atoms with Gasteiger partial charge in [0.05, 0.1) is 21.3 Å². The number of aryl methyl sites for hydroxylation is 2. The molecule has 0 aromatic heterocycles. The van der Waals surface area contributed by atoms with Gasteiger partial charge >= 0.3 is 0 Å². The van der Waals surface area contributed by atoms with E-state index in [0.29, 0.717) is 27.6 Å². The average molecular weight is 619 g/mol. The van der Waals surface area contributed by atoms with E-state index >= 15 is 0 Å². The molecule has 4 aromatic rings. The Labute approximate surface area is 243 Å². The number of anilines is 3. The first-order valence-corrected chi connectivity index (χ1v) is 15.6.